The number of pyridine rings is 1. The highest BCUT2D eigenvalue weighted by Gasteiger charge is 2.42. The first-order chi connectivity index (χ1) is 12.5. The van der Waals surface area contributed by atoms with Crippen molar-refractivity contribution in [3.63, 3.8) is 0 Å². The van der Waals surface area contributed by atoms with E-state index in [1.165, 1.54) is 5.56 Å². The number of piperidine rings is 1. The predicted molar refractivity (Wildman–Crippen MR) is 103 cm³/mol. The van der Waals surface area contributed by atoms with Crippen LogP contribution in [0.2, 0.25) is 0 Å². The lowest BCUT2D eigenvalue weighted by Gasteiger charge is -2.39. The third kappa shape index (κ3) is 5.52. The van der Waals surface area contributed by atoms with Crippen molar-refractivity contribution >= 4 is 5.91 Å². The first-order valence-corrected chi connectivity index (χ1v) is 10.1. The second-order valence-electron chi connectivity index (χ2n) is 8.34. The summed E-state index contributed by atoms with van der Waals surface area (Å²) in [5.41, 5.74) is 1.32. The molecule has 0 radical (unpaired) electrons. The molecule has 5 heteroatoms. The predicted octanol–water partition coefficient (Wildman–Crippen LogP) is 3.15. The van der Waals surface area contributed by atoms with Gasteiger partial charge in [-0.1, -0.05) is 19.9 Å². The van der Waals surface area contributed by atoms with Gasteiger partial charge in [-0.2, -0.15) is 0 Å². The molecule has 0 bridgehead atoms. The molecular weight excluding hydrogens is 326 g/mol. The largest absolute Gasteiger partial charge is 0.370 e. The van der Waals surface area contributed by atoms with Gasteiger partial charge in [-0.15, -0.1) is 0 Å². The molecule has 3 heterocycles. The number of hydrogen-bond donors (Lipinski definition) is 1. The van der Waals surface area contributed by atoms with Crippen LogP contribution in [0.15, 0.2) is 24.5 Å². The molecular formula is C21H33N3O2. The van der Waals surface area contributed by atoms with Crippen molar-refractivity contribution in [3.05, 3.63) is 30.1 Å². The number of hydrogen-bond acceptors (Lipinski definition) is 4. The molecule has 1 aromatic rings. The Morgan fingerprint density at radius 3 is 2.88 bits per heavy atom. The molecule has 2 saturated heterocycles. The molecule has 2 fully saturated rings. The molecule has 5 nitrogen and oxygen atoms in total. The van der Waals surface area contributed by atoms with Crippen molar-refractivity contribution in [2.45, 2.75) is 70.6 Å². The van der Waals surface area contributed by atoms with Gasteiger partial charge in [-0.3, -0.25) is 14.7 Å². The Balaban J connectivity index is 1.38. The van der Waals surface area contributed by atoms with Crippen molar-refractivity contribution in [2.75, 3.05) is 19.6 Å². The molecule has 0 unspecified atom stereocenters. The van der Waals surface area contributed by atoms with E-state index in [1.54, 1.807) is 0 Å². The summed E-state index contributed by atoms with van der Waals surface area (Å²) >= 11 is 0. The molecule has 1 spiro atoms. The molecule has 1 amide bonds. The van der Waals surface area contributed by atoms with Crippen molar-refractivity contribution in [1.82, 2.24) is 15.2 Å². The van der Waals surface area contributed by atoms with E-state index < -0.39 is 0 Å². The Morgan fingerprint density at radius 1 is 1.38 bits per heavy atom. The molecule has 26 heavy (non-hydrogen) atoms. The number of nitrogens with zero attached hydrogens (tertiary/aromatic N) is 2. The van der Waals surface area contributed by atoms with Gasteiger partial charge in [-0.05, 0) is 49.7 Å². The van der Waals surface area contributed by atoms with Crippen molar-refractivity contribution in [3.8, 4) is 0 Å². The van der Waals surface area contributed by atoms with Crippen LogP contribution in [-0.4, -0.2) is 47.1 Å². The maximum Gasteiger partial charge on any atom is 0.220 e. The third-order valence-corrected chi connectivity index (χ3v) is 5.71. The van der Waals surface area contributed by atoms with E-state index >= 15 is 0 Å². The number of ether oxygens (including phenoxy) is 1. The first-order valence-electron chi connectivity index (χ1n) is 10.1. The summed E-state index contributed by atoms with van der Waals surface area (Å²) in [7, 11) is 0. The van der Waals surface area contributed by atoms with Gasteiger partial charge in [0, 0.05) is 45.0 Å². The van der Waals surface area contributed by atoms with Crippen LogP contribution in [0.3, 0.4) is 0 Å². The smallest absolute Gasteiger partial charge is 0.220 e. The van der Waals surface area contributed by atoms with Crippen molar-refractivity contribution in [1.29, 1.82) is 0 Å². The van der Waals surface area contributed by atoms with Crippen molar-refractivity contribution in [2.24, 2.45) is 5.92 Å². The zero-order chi connectivity index (χ0) is 18.4. The number of carbonyl (C=O) groups excluding carboxylic acids is 1. The number of carbonyl (C=O) groups is 1. The van der Waals surface area contributed by atoms with E-state index in [2.05, 4.69) is 35.1 Å². The summed E-state index contributed by atoms with van der Waals surface area (Å²) in [6.07, 6.45) is 9.90. The zero-order valence-electron chi connectivity index (χ0n) is 16.2. The second kappa shape index (κ2) is 8.96. The van der Waals surface area contributed by atoms with Gasteiger partial charge in [0.15, 0.2) is 0 Å². The molecule has 2 aliphatic rings. The van der Waals surface area contributed by atoms with Crippen LogP contribution in [0.4, 0.5) is 0 Å². The fourth-order valence-corrected chi connectivity index (χ4v) is 4.01. The highest BCUT2D eigenvalue weighted by atomic mass is 16.5. The van der Waals surface area contributed by atoms with Crippen LogP contribution >= 0.6 is 0 Å². The van der Waals surface area contributed by atoms with Gasteiger partial charge in [0.25, 0.3) is 0 Å². The Kier molecular flexibility index (Phi) is 6.65. The molecule has 0 aliphatic carbocycles. The third-order valence-electron chi connectivity index (χ3n) is 5.71. The fourth-order valence-electron chi connectivity index (χ4n) is 4.01. The lowest BCUT2D eigenvalue weighted by atomic mass is 9.88. The highest BCUT2D eigenvalue weighted by molar-refractivity contribution is 5.75. The quantitative estimate of drug-likeness (QED) is 0.812. The molecule has 0 saturated carbocycles. The molecule has 2 aliphatic heterocycles. The number of likely N-dealkylation sites (tertiary alicyclic amines) is 1. The Morgan fingerprint density at radius 2 is 2.19 bits per heavy atom. The van der Waals surface area contributed by atoms with E-state index in [0.717, 1.165) is 51.7 Å². The molecule has 144 valence electrons. The summed E-state index contributed by atoms with van der Waals surface area (Å²) in [6.45, 7) is 8.08. The van der Waals surface area contributed by atoms with E-state index in [9.17, 15) is 4.79 Å². The van der Waals surface area contributed by atoms with Gasteiger partial charge in [0.05, 0.1) is 11.7 Å². The van der Waals surface area contributed by atoms with Crippen LogP contribution in [-0.2, 0) is 16.1 Å². The van der Waals surface area contributed by atoms with Crippen LogP contribution in [0.1, 0.15) is 57.9 Å². The minimum absolute atomic E-state index is 0.0404. The first kappa shape index (κ1) is 19.3. The summed E-state index contributed by atoms with van der Waals surface area (Å²) in [6, 6.07) is 4.14. The van der Waals surface area contributed by atoms with Crippen LogP contribution in [0.25, 0.3) is 0 Å². The average molecular weight is 360 g/mol. The van der Waals surface area contributed by atoms with Crippen molar-refractivity contribution < 1.29 is 9.53 Å². The van der Waals surface area contributed by atoms with Crippen LogP contribution in [0, 0.1) is 5.92 Å². The van der Waals surface area contributed by atoms with Gasteiger partial charge < -0.3 is 10.1 Å². The topological polar surface area (TPSA) is 54.5 Å². The summed E-state index contributed by atoms with van der Waals surface area (Å²) in [5.74, 6) is 0.734. The fraction of sp³-hybridized carbons (Fsp3) is 0.714. The highest BCUT2D eigenvalue weighted by Crippen LogP contribution is 2.38. The maximum atomic E-state index is 11.9. The summed E-state index contributed by atoms with van der Waals surface area (Å²) in [5, 5.41) is 3.06. The SMILES string of the molecule is CC(C)CCC(=O)NC[C@H]1CCC2(CCN(Cc3cccnc3)CC2)O1. The summed E-state index contributed by atoms with van der Waals surface area (Å²) in [4.78, 5) is 18.6. The average Bonchev–Trinajstić information content (AvgIpc) is 3.04. The van der Waals surface area contributed by atoms with Crippen LogP contribution < -0.4 is 5.32 Å². The monoisotopic (exact) mass is 359 g/mol. The zero-order valence-corrected chi connectivity index (χ0v) is 16.2. The molecule has 3 rings (SSSR count). The number of amides is 1. The van der Waals surface area contributed by atoms with E-state index in [1.807, 2.05) is 18.5 Å². The van der Waals surface area contributed by atoms with E-state index in [0.29, 0.717) is 18.9 Å². The van der Waals surface area contributed by atoms with Gasteiger partial charge >= 0.3 is 0 Å². The van der Waals surface area contributed by atoms with Gasteiger partial charge in [-0.25, -0.2) is 0 Å². The van der Waals surface area contributed by atoms with Crippen LogP contribution in [0.5, 0.6) is 0 Å². The molecule has 0 aromatic carbocycles. The standard InChI is InChI=1S/C21H33N3O2/c1-17(2)5-6-20(25)23-15-19-7-8-21(26-19)9-12-24(13-10-21)16-18-4-3-11-22-14-18/h3-4,11,14,17,19H,5-10,12-13,15-16H2,1-2H3,(H,23,25)/t19-/m1/s1. The maximum absolute atomic E-state index is 11.9. The number of aromatic nitrogens is 1. The minimum atomic E-state index is 0.0404. The van der Waals surface area contributed by atoms with Gasteiger partial charge in [0.2, 0.25) is 5.91 Å². The Labute approximate surface area is 157 Å². The number of nitrogens with one attached hydrogen (secondary N) is 1. The van der Waals surface area contributed by atoms with E-state index in [4.69, 9.17) is 4.74 Å². The molecule has 1 aromatic heterocycles. The van der Waals surface area contributed by atoms with E-state index in [-0.39, 0.29) is 17.6 Å². The lowest BCUT2D eigenvalue weighted by molar-refractivity contribution is -0.123. The minimum Gasteiger partial charge on any atom is -0.370 e. The Bertz CT molecular complexity index is 568. The second-order valence-corrected chi connectivity index (χ2v) is 8.34. The normalized spacial score (nSPS) is 22.8. The summed E-state index contributed by atoms with van der Waals surface area (Å²) < 4.78 is 6.41. The molecule has 1 N–H and O–H groups in total. The number of rotatable bonds is 7. The Hall–Kier alpha value is -1.46. The van der Waals surface area contributed by atoms with Gasteiger partial charge in [0.1, 0.15) is 0 Å². The molecule has 1 atom stereocenters. The lowest BCUT2D eigenvalue weighted by Crippen LogP contribution is -2.44.